The molecule has 9 heteroatoms. The van der Waals surface area contributed by atoms with Gasteiger partial charge in [-0.15, -0.1) is 0 Å². The quantitative estimate of drug-likeness (QED) is 0.385. The molecule has 25 heavy (non-hydrogen) atoms. The number of piperazine rings is 1. The summed E-state index contributed by atoms with van der Waals surface area (Å²) in [6.07, 6.45) is -0.126. The third-order valence-electron chi connectivity index (χ3n) is 3.60. The number of esters is 1. The minimum absolute atomic E-state index is 0.119. The summed E-state index contributed by atoms with van der Waals surface area (Å²) in [4.78, 5) is 37.8. The Balaban J connectivity index is 2.09. The number of hydrogen-bond acceptors (Lipinski definition) is 5. The highest BCUT2D eigenvalue weighted by Gasteiger charge is 2.34. The van der Waals surface area contributed by atoms with Crippen molar-refractivity contribution in [2.75, 3.05) is 19.7 Å². The van der Waals surface area contributed by atoms with Crippen LogP contribution in [0.1, 0.15) is 23.7 Å². The predicted molar refractivity (Wildman–Crippen MR) is 104 cm³/mol. The summed E-state index contributed by atoms with van der Waals surface area (Å²) >= 11 is 7.37. The molecule has 1 saturated heterocycles. The van der Waals surface area contributed by atoms with Gasteiger partial charge in [0, 0.05) is 16.7 Å². The Bertz CT molecular complexity index is 698. The number of benzene rings is 1. The smallest absolute Gasteiger partial charge is 0.308 e. The molecular formula is C16H18IN3O4S. The molecule has 2 amide bonds. The van der Waals surface area contributed by atoms with Crippen LogP contribution >= 0.6 is 34.8 Å². The standard InChI is InChI=1S/C16H18IN3O4S/c1-2-24-13(21)9-12-15(23)18-7-8-20(12)16(25)19-14(22)10-5-3-4-6-11(10)17/h3-6,12H,2,7-9H2,1H3,(H,18,23)(H,19,22,25). The maximum atomic E-state index is 12.4. The van der Waals surface area contributed by atoms with Crippen LogP contribution in [0.25, 0.3) is 0 Å². The number of thiocarbonyl (C=S) groups is 1. The van der Waals surface area contributed by atoms with E-state index in [2.05, 4.69) is 33.2 Å². The van der Waals surface area contributed by atoms with Gasteiger partial charge in [0.2, 0.25) is 5.91 Å². The molecular weight excluding hydrogens is 457 g/mol. The minimum atomic E-state index is -0.796. The molecule has 1 unspecified atom stereocenters. The molecule has 2 N–H and O–H groups in total. The van der Waals surface area contributed by atoms with E-state index in [1.165, 1.54) is 0 Å². The third kappa shape index (κ3) is 5.11. The lowest BCUT2D eigenvalue weighted by Crippen LogP contribution is -2.60. The van der Waals surface area contributed by atoms with Crippen LogP contribution in [0.2, 0.25) is 0 Å². The van der Waals surface area contributed by atoms with Crippen LogP contribution in [0.4, 0.5) is 0 Å². The first kappa shape index (κ1) is 19.6. The molecule has 0 aromatic heterocycles. The molecule has 134 valence electrons. The fourth-order valence-corrected chi connectivity index (χ4v) is 3.36. The van der Waals surface area contributed by atoms with Gasteiger partial charge >= 0.3 is 5.97 Å². The van der Waals surface area contributed by atoms with E-state index in [1.807, 2.05) is 12.1 Å². The van der Waals surface area contributed by atoms with Crippen LogP contribution in [-0.4, -0.2) is 53.5 Å². The van der Waals surface area contributed by atoms with Crippen LogP contribution in [0.15, 0.2) is 24.3 Å². The summed E-state index contributed by atoms with van der Waals surface area (Å²) in [6.45, 7) is 2.72. The van der Waals surface area contributed by atoms with Crippen LogP contribution in [0, 0.1) is 3.57 Å². The number of nitrogens with zero attached hydrogens (tertiary/aromatic N) is 1. The zero-order chi connectivity index (χ0) is 18.4. The predicted octanol–water partition coefficient (Wildman–Crippen LogP) is 1.06. The van der Waals surface area contributed by atoms with E-state index in [0.29, 0.717) is 18.7 Å². The Kier molecular flexibility index (Phi) is 7.12. The number of halogens is 1. The summed E-state index contributed by atoms with van der Waals surface area (Å²) < 4.78 is 5.70. The lowest BCUT2D eigenvalue weighted by molar-refractivity contribution is -0.147. The molecule has 0 radical (unpaired) electrons. The largest absolute Gasteiger partial charge is 0.466 e. The van der Waals surface area contributed by atoms with Crippen LogP contribution < -0.4 is 10.6 Å². The highest BCUT2D eigenvalue weighted by atomic mass is 127. The van der Waals surface area contributed by atoms with Gasteiger partial charge in [-0.1, -0.05) is 12.1 Å². The summed E-state index contributed by atoms with van der Waals surface area (Å²) in [6, 6.07) is 6.31. The van der Waals surface area contributed by atoms with Gasteiger partial charge in [-0.25, -0.2) is 0 Å². The molecule has 1 heterocycles. The van der Waals surface area contributed by atoms with Crippen LogP contribution in [-0.2, 0) is 14.3 Å². The monoisotopic (exact) mass is 475 g/mol. The van der Waals surface area contributed by atoms with Crippen molar-refractivity contribution in [1.82, 2.24) is 15.5 Å². The van der Waals surface area contributed by atoms with E-state index in [4.69, 9.17) is 17.0 Å². The number of nitrogens with one attached hydrogen (secondary N) is 2. The van der Waals surface area contributed by atoms with Crippen molar-refractivity contribution >= 4 is 57.7 Å². The Labute approximate surface area is 164 Å². The van der Waals surface area contributed by atoms with Crippen LogP contribution in [0.3, 0.4) is 0 Å². The maximum Gasteiger partial charge on any atom is 0.308 e. The molecule has 1 aromatic rings. The van der Waals surface area contributed by atoms with Crippen molar-refractivity contribution in [3.05, 3.63) is 33.4 Å². The fraction of sp³-hybridized carbons (Fsp3) is 0.375. The topological polar surface area (TPSA) is 87.7 Å². The second-order valence-electron chi connectivity index (χ2n) is 5.25. The van der Waals surface area contributed by atoms with Gasteiger partial charge < -0.3 is 15.0 Å². The van der Waals surface area contributed by atoms with Crippen molar-refractivity contribution < 1.29 is 19.1 Å². The number of carbonyl (C=O) groups is 3. The minimum Gasteiger partial charge on any atom is -0.466 e. The number of ether oxygens (including phenoxy) is 1. The first-order valence-corrected chi connectivity index (χ1v) is 9.22. The van der Waals surface area contributed by atoms with Crippen molar-refractivity contribution in [3.8, 4) is 0 Å². The molecule has 1 aliphatic rings. The van der Waals surface area contributed by atoms with E-state index in [9.17, 15) is 14.4 Å². The summed E-state index contributed by atoms with van der Waals surface area (Å²) in [5, 5.41) is 5.46. The first-order chi connectivity index (χ1) is 11.9. The average Bonchev–Trinajstić information content (AvgIpc) is 2.57. The molecule has 1 aromatic carbocycles. The molecule has 7 nitrogen and oxygen atoms in total. The molecule has 1 atom stereocenters. The lowest BCUT2D eigenvalue weighted by atomic mass is 10.1. The number of hydrogen-bond donors (Lipinski definition) is 2. The SMILES string of the molecule is CCOC(=O)CC1C(=O)NCCN1C(=S)NC(=O)c1ccccc1I. The normalized spacial score (nSPS) is 16.8. The molecule has 1 fully saturated rings. The van der Waals surface area contributed by atoms with Gasteiger partial charge in [0.15, 0.2) is 5.11 Å². The van der Waals surface area contributed by atoms with Gasteiger partial charge in [-0.05, 0) is 53.9 Å². The van der Waals surface area contributed by atoms with Gasteiger partial charge in [0.25, 0.3) is 5.91 Å². The second kappa shape index (κ2) is 9.09. The maximum absolute atomic E-state index is 12.4. The van der Waals surface area contributed by atoms with Gasteiger partial charge in [0.05, 0.1) is 18.6 Å². The highest BCUT2D eigenvalue weighted by Crippen LogP contribution is 2.13. The van der Waals surface area contributed by atoms with Crippen molar-refractivity contribution in [2.45, 2.75) is 19.4 Å². The van der Waals surface area contributed by atoms with Gasteiger partial charge in [-0.3, -0.25) is 19.7 Å². The number of carbonyl (C=O) groups excluding carboxylic acids is 3. The Hall–Kier alpha value is -1.75. The van der Waals surface area contributed by atoms with E-state index >= 15 is 0 Å². The molecule has 0 saturated carbocycles. The van der Waals surface area contributed by atoms with E-state index < -0.39 is 12.0 Å². The summed E-state index contributed by atoms with van der Waals surface area (Å²) in [5.41, 5.74) is 0.494. The van der Waals surface area contributed by atoms with Gasteiger partial charge in [-0.2, -0.15) is 0 Å². The van der Waals surface area contributed by atoms with E-state index in [0.717, 1.165) is 3.57 Å². The Morgan fingerprint density at radius 1 is 1.44 bits per heavy atom. The first-order valence-electron chi connectivity index (χ1n) is 7.73. The molecule has 0 bridgehead atoms. The third-order valence-corrected chi connectivity index (χ3v) is 4.87. The number of amides is 2. The fourth-order valence-electron chi connectivity index (χ4n) is 2.42. The molecule has 1 aliphatic heterocycles. The number of rotatable bonds is 4. The second-order valence-corrected chi connectivity index (χ2v) is 6.80. The average molecular weight is 475 g/mol. The van der Waals surface area contributed by atoms with Crippen molar-refractivity contribution in [2.24, 2.45) is 0 Å². The Morgan fingerprint density at radius 2 is 2.16 bits per heavy atom. The van der Waals surface area contributed by atoms with E-state index in [-0.39, 0.29) is 30.0 Å². The summed E-state index contributed by atoms with van der Waals surface area (Å²) in [5.74, 6) is -1.15. The highest BCUT2D eigenvalue weighted by molar-refractivity contribution is 14.1. The summed E-state index contributed by atoms with van der Waals surface area (Å²) in [7, 11) is 0. The zero-order valence-electron chi connectivity index (χ0n) is 13.6. The van der Waals surface area contributed by atoms with Crippen LogP contribution in [0.5, 0.6) is 0 Å². The molecule has 0 aliphatic carbocycles. The molecule has 0 spiro atoms. The zero-order valence-corrected chi connectivity index (χ0v) is 16.6. The lowest BCUT2D eigenvalue weighted by Gasteiger charge is -2.36. The Morgan fingerprint density at radius 3 is 2.84 bits per heavy atom. The van der Waals surface area contributed by atoms with Gasteiger partial charge in [0.1, 0.15) is 6.04 Å². The van der Waals surface area contributed by atoms with Crippen molar-refractivity contribution in [3.63, 3.8) is 0 Å². The molecule has 2 rings (SSSR count). The van der Waals surface area contributed by atoms with E-state index in [1.54, 1.807) is 24.0 Å². The van der Waals surface area contributed by atoms with Crippen molar-refractivity contribution in [1.29, 1.82) is 0 Å².